The quantitative estimate of drug-likeness (QED) is 0.886. The van der Waals surface area contributed by atoms with Gasteiger partial charge in [0.1, 0.15) is 12.6 Å². The second-order valence-electron chi connectivity index (χ2n) is 5.47. The summed E-state index contributed by atoms with van der Waals surface area (Å²) in [5.74, 6) is -3.14. The molecule has 0 saturated carbocycles. The van der Waals surface area contributed by atoms with Gasteiger partial charge in [0, 0.05) is 26.2 Å². The fourth-order valence-corrected chi connectivity index (χ4v) is 2.77. The van der Waals surface area contributed by atoms with Crippen molar-refractivity contribution in [3.63, 3.8) is 0 Å². The number of rotatable bonds is 4. The Morgan fingerprint density at radius 3 is 2.55 bits per heavy atom. The highest BCUT2D eigenvalue weighted by Gasteiger charge is 2.44. The third-order valence-electron chi connectivity index (χ3n) is 3.86. The molecular weight excluding hydrogens is 262 g/mol. The molecule has 20 heavy (non-hydrogen) atoms. The zero-order valence-corrected chi connectivity index (χ0v) is 12.0. The number of hydrogen-bond donors (Lipinski definition) is 2. The first kappa shape index (κ1) is 15.4. The van der Waals surface area contributed by atoms with E-state index in [0.29, 0.717) is 31.7 Å². The van der Waals surface area contributed by atoms with Gasteiger partial charge in [-0.1, -0.05) is 23.8 Å². The summed E-state index contributed by atoms with van der Waals surface area (Å²) in [5.41, 5.74) is 2.41. The van der Waals surface area contributed by atoms with E-state index in [1.165, 1.54) is 0 Å². The van der Waals surface area contributed by atoms with Gasteiger partial charge in [0.25, 0.3) is 5.92 Å². The van der Waals surface area contributed by atoms with Gasteiger partial charge in [-0.2, -0.15) is 0 Å². The van der Waals surface area contributed by atoms with E-state index in [1.54, 1.807) is 4.90 Å². The van der Waals surface area contributed by atoms with Crippen LogP contribution < -0.4 is 5.32 Å². The molecule has 1 aliphatic rings. The molecule has 1 aromatic rings. The van der Waals surface area contributed by atoms with Gasteiger partial charge in [0.2, 0.25) is 0 Å². The standard InChI is InChI=1S/C15H22F2N2O/c1-11-3-4-12(2)13(9-11)14(15(16,17)10-20)19-7-5-18-6-8-19/h3-4,9,14,18,20H,5-8,10H2,1-2H3/t14-/m1/s1. The minimum absolute atomic E-state index is 0.563. The smallest absolute Gasteiger partial charge is 0.289 e. The van der Waals surface area contributed by atoms with Crippen LogP contribution >= 0.6 is 0 Å². The highest BCUT2D eigenvalue weighted by atomic mass is 19.3. The highest BCUT2D eigenvalue weighted by molar-refractivity contribution is 5.34. The van der Waals surface area contributed by atoms with E-state index in [4.69, 9.17) is 5.11 Å². The van der Waals surface area contributed by atoms with Crippen LogP contribution in [0.1, 0.15) is 22.7 Å². The number of hydrogen-bond acceptors (Lipinski definition) is 3. The van der Waals surface area contributed by atoms with Crippen LogP contribution in [-0.2, 0) is 0 Å². The van der Waals surface area contributed by atoms with Gasteiger partial charge in [-0.05, 0) is 25.0 Å². The van der Waals surface area contributed by atoms with Crippen molar-refractivity contribution in [2.24, 2.45) is 0 Å². The Kier molecular flexibility index (Phi) is 4.73. The van der Waals surface area contributed by atoms with E-state index in [-0.39, 0.29) is 0 Å². The van der Waals surface area contributed by atoms with Crippen molar-refractivity contribution in [3.05, 3.63) is 34.9 Å². The number of nitrogens with one attached hydrogen (secondary N) is 1. The minimum Gasteiger partial charge on any atom is -0.390 e. The first-order valence-electron chi connectivity index (χ1n) is 6.96. The molecule has 1 heterocycles. The number of nitrogens with zero attached hydrogens (tertiary/aromatic N) is 1. The van der Waals surface area contributed by atoms with Crippen molar-refractivity contribution in [2.75, 3.05) is 32.8 Å². The lowest BCUT2D eigenvalue weighted by Gasteiger charge is -2.39. The Bertz CT molecular complexity index is 459. The number of benzene rings is 1. The van der Waals surface area contributed by atoms with E-state index >= 15 is 0 Å². The Hall–Kier alpha value is -1.04. The molecule has 0 amide bonds. The average molecular weight is 284 g/mol. The Morgan fingerprint density at radius 2 is 1.95 bits per heavy atom. The molecule has 112 valence electrons. The summed E-state index contributed by atoms with van der Waals surface area (Å²) in [4.78, 5) is 1.77. The number of alkyl halides is 2. The van der Waals surface area contributed by atoms with Crippen molar-refractivity contribution < 1.29 is 13.9 Å². The van der Waals surface area contributed by atoms with E-state index in [1.807, 2.05) is 32.0 Å². The molecule has 5 heteroatoms. The number of aryl methyl sites for hydroxylation is 2. The summed E-state index contributed by atoms with van der Waals surface area (Å²) in [7, 11) is 0. The van der Waals surface area contributed by atoms with Crippen LogP contribution in [0.3, 0.4) is 0 Å². The van der Waals surface area contributed by atoms with Crippen molar-refractivity contribution in [1.82, 2.24) is 10.2 Å². The Balaban J connectivity index is 2.42. The van der Waals surface area contributed by atoms with E-state index in [0.717, 1.165) is 11.1 Å². The molecule has 0 spiro atoms. The molecular formula is C15H22F2N2O. The summed E-state index contributed by atoms with van der Waals surface area (Å²) in [6.07, 6.45) is 0. The summed E-state index contributed by atoms with van der Waals surface area (Å²) >= 11 is 0. The van der Waals surface area contributed by atoms with Crippen LogP contribution in [0.15, 0.2) is 18.2 Å². The molecule has 3 nitrogen and oxygen atoms in total. The molecule has 1 aromatic carbocycles. The zero-order chi connectivity index (χ0) is 14.8. The Morgan fingerprint density at radius 1 is 1.30 bits per heavy atom. The molecule has 0 aliphatic carbocycles. The van der Waals surface area contributed by atoms with E-state index in [2.05, 4.69) is 5.32 Å². The number of piperazine rings is 1. The van der Waals surface area contributed by atoms with Crippen LogP contribution in [-0.4, -0.2) is 48.7 Å². The SMILES string of the molecule is Cc1ccc(C)c([C@@H](N2CCNCC2)C(F)(F)CO)c1. The largest absolute Gasteiger partial charge is 0.390 e. The van der Waals surface area contributed by atoms with Crippen molar-refractivity contribution in [2.45, 2.75) is 25.8 Å². The van der Waals surface area contributed by atoms with Gasteiger partial charge in [0.15, 0.2) is 0 Å². The fourth-order valence-electron chi connectivity index (χ4n) is 2.77. The molecule has 1 saturated heterocycles. The predicted molar refractivity (Wildman–Crippen MR) is 75.1 cm³/mol. The summed E-state index contributed by atoms with van der Waals surface area (Å²) in [5, 5.41) is 12.3. The summed E-state index contributed by atoms with van der Waals surface area (Å²) in [6, 6.07) is 4.54. The van der Waals surface area contributed by atoms with E-state index < -0.39 is 18.6 Å². The molecule has 0 radical (unpaired) electrons. The van der Waals surface area contributed by atoms with Gasteiger partial charge >= 0.3 is 0 Å². The maximum Gasteiger partial charge on any atom is 0.289 e. The van der Waals surface area contributed by atoms with Crippen molar-refractivity contribution in [1.29, 1.82) is 0 Å². The predicted octanol–water partition coefficient (Wildman–Crippen LogP) is 1.88. The van der Waals surface area contributed by atoms with E-state index in [9.17, 15) is 8.78 Å². The minimum atomic E-state index is -3.14. The monoisotopic (exact) mass is 284 g/mol. The lowest BCUT2D eigenvalue weighted by molar-refractivity contribution is -0.118. The third kappa shape index (κ3) is 3.16. The molecule has 0 unspecified atom stereocenters. The third-order valence-corrected chi connectivity index (χ3v) is 3.86. The molecule has 1 atom stereocenters. The molecule has 2 rings (SSSR count). The lowest BCUT2D eigenvalue weighted by Crippen LogP contribution is -2.51. The normalized spacial score (nSPS) is 19.1. The highest BCUT2D eigenvalue weighted by Crippen LogP contribution is 2.38. The number of halogens is 2. The van der Waals surface area contributed by atoms with Gasteiger partial charge < -0.3 is 10.4 Å². The maximum absolute atomic E-state index is 14.3. The zero-order valence-electron chi connectivity index (χ0n) is 12.0. The van der Waals surface area contributed by atoms with Crippen LogP contribution in [0.5, 0.6) is 0 Å². The van der Waals surface area contributed by atoms with Gasteiger partial charge in [-0.3, -0.25) is 4.90 Å². The number of aliphatic hydroxyl groups is 1. The van der Waals surface area contributed by atoms with Crippen LogP contribution in [0.2, 0.25) is 0 Å². The van der Waals surface area contributed by atoms with Gasteiger partial charge in [-0.25, -0.2) is 8.78 Å². The maximum atomic E-state index is 14.3. The van der Waals surface area contributed by atoms with Gasteiger partial charge in [-0.15, -0.1) is 0 Å². The second kappa shape index (κ2) is 6.16. The second-order valence-corrected chi connectivity index (χ2v) is 5.47. The van der Waals surface area contributed by atoms with Crippen molar-refractivity contribution in [3.8, 4) is 0 Å². The van der Waals surface area contributed by atoms with Crippen LogP contribution in [0.25, 0.3) is 0 Å². The van der Waals surface area contributed by atoms with Crippen LogP contribution in [0, 0.1) is 13.8 Å². The average Bonchev–Trinajstić information content (AvgIpc) is 2.44. The molecule has 0 bridgehead atoms. The molecule has 0 aromatic heterocycles. The van der Waals surface area contributed by atoms with Crippen LogP contribution in [0.4, 0.5) is 8.78 Å². The first-order valence-corrected chi connectivity index (χ1v) is 6.96. The summed E-state index contributed by atoms with van der Waals surface area (Å²) in [6.45, 7) is 5.13. The lowest BCUT2D eigenvalue weighted by atomic mass is 9.93. The fraction of sp³-hybridized carbons (Fsp3) is 0.600. The Labute approximate surface area is 118 Å². The molecule has 2 N–H and O–H groups in total. The number of aliphatic hydroxyl groups excluding tert-OH is 1. The summed E-state index contributed by atoms with van der Waals surface area (Å²) < 4.78 is 28.6. The topological polar surface area (TPSA) is 35.5 Å². The van der Waals surface area contributed by atoms with Crippen molar-refractivity contribution >= 4 is 0 Å². The molecule has 1 aliphatic heterocycles. The molecule has 1 fully saturated rings. The first-order chi connectivity index (χ1) is 9.45. The van der Waals surface area contributed by atoms with Gasteiger partial charge in [0.05, 0.1) is 0 Å².